The lowest BCUT2D eigenvalue weighted by Crippen LogP contribution is -2.42. The van der Waals surface area contributed by atoms with Gasteiger partial charge in [0.2, 0.25) is 15.9 Å². The van der Waals surface area contributed by atoms with Crippen LogP contribution < -0.4 is 15.4 Å². The van der Waals surface area contributed by atoms with Crippen LogP contribution in [0.3, 0.4) is 0 Å². The van der Waals surface area contributed by atoms with Gasteiger partial charge in [0.1, 0.15) is 5.82 Å². The quantitative estimate of drug-likeness (QED) is 0.719. The number of hydrogen-bond acceptors (Lipinski definition) is 5. The third kappa shape index (κ3) is 5.34. The maximum Gasteiger partial charge on any atom is 0.419 e. The summed E-state index contributed by atoms with van der Waals surface area (Å²) < 4.78 is 63.7. The highest BCUT2D eigenvalue weighted by Gasteiger charge is 2.37. The molecule has 168 valence electrons. The fourth-order valence-corrected chi connectivity index (χ4v) is 4.56. The summed E-state index contributed by atoms with van der Waals surface area (Å²) in [5.41, 5.74) is -0.0552. The van der Waals surface area contributed by atoms with Gasteiger partial charge in [0.15, 0.2) is 0 Å². The van der Waals surface area contributed by atoms with E-state index in [0.29, 0.717) is 31.4 Å². The van der Waals surface area contributed by atoms with Crippen molar-refractivity contribution in [3.63, 3.8) is 0 Å². The molecule has 1 aromatic carbocycles. The number of carbonyl (C=O) groups excluding carboxylic acids is 1. The molecule has 1 aliphatic rings. The number of nitrogens with zero attached hydrogens (tertiary/aromatic N) is 2. The highest BCUT2D eigenvalue weighted by molar-refractivity contribution is 7.89. The second-order valence-electron chi connectivity index (χ2n) is 7.37. The molecule has 0 saturated carbocycles. The number of pyridine rings is 1. The third-order valence-electron chi connectivity index (χ3n) is 5.21. The molecule has 0 radical (unpaired) electrons. The Bertz CT molecular complexity index is 1070. The van der Waals surface area contributed by atoms with E-state index in [2.05, 4.69) is 10.3 Å². The lowest BCUT2D eigenvalue weighted by Gasteiger charge is -2.34. The first-order valence-electron chi connectivity index (χ1n) is 9.74. The standard InChI is InChI=1S/C20H23F3N4O3S/c1-2-13-7-8-15(11-17(13)31(24,29)30)26-19(28)14-5-4-10-27(12-14)18-16(20(21,22)23)6-3-9-25-18/h3,6-9,11,14H,2,4-5,10,12H2,1H3,(H,26,28)(H2,24,29,30). The Morgan fingerprint density at radius 3 is 2.71 bits per heavy atom. The minimum absolute atomic E-state index is 0.0682. The van der Waals surface area contributed by atoms with E-state index in [4.69, 9.17) is 5.14 Å². The van der Waals surface area contributed by atoms with Gasteiger partial charge in [-0.1, -0.05) is 13.0 Å². The number of piperidine rings is 1. The summed E-state index contributed by atoms with van der Waals surface area (Å²) >= 11 is 0. The van der Waals surface area contributed by atoms with Crippen molar-refractivity contribution >= 4 is 27.4 Å². The topological polar surface area (TPSA) is 105 Å². The summed E-state index contributed by atoms with van der Waals surface area (Å²) in [6.45, 7) is 2.21. The van der Waals surface area contributed by atoms with Crippen molar-refractivity contribution in [3.8, 4) is 0 Å². The zero-order valence-electron chi connectivity index (χ0n) is 16.8. The molecule has 31 heavy (non-hydrogen) atoms. The lowest BCUT2D eigenvalue weighted by atomic mass is 9.96. The van der Waals surface area contributed by atoms with Gasteiger partial charge < -0.3 is 10.2 Å². The van der Waals surface area contributed by atoms with Crippen molar-refractivity contribution in [3.05, 3.63) is 47.7 Å². The molecule has 1 aromatic heterocycles. The van der Waals surface area contributed by atoms with E-state index in [1.54, 1.807) is 19.1 Å². The molecule has 1 fully saturated rings. The largest absolute Gasteiger partial charge is 0.419 e. The number of primary sulfonamides is 1. The van der Waals surface area contributed by atoms with Gasteiger partial charge in [-0.15, -0.1) is 0 Å². The van der Waals surface area contributed by atoms with Crippen LogP contribution in [-0.4, -0.2) is 32.4 Å². The summed E-state index contributed by atoms with van der Waals surface area (Å²) in [5.74, 6) is -1.18. The Labute approximate surface area is 178 Å². The highest BCUT2D eigenvalue weighted by atomic mass is 32.2. The van der Waals surface area contributed by atoms with E-state index in [1.807, 2.05) is 0 Å². The third-order valence-corrected chi connectivity index (χ3v) is 6.20. The molecular weight excluding hydrogens is 433 g/mol. The second-order valence-corrected chi connectivity index (χ2v) is 8.90. The molecule has 1 atom stereocenters. The van der Waals surface area contributed by atoms with Gasteiger partial charge in [-0.3, -0.25) is 4.79 Å². The predicted molar refractivity (Wildman–Crippen MR) is 110 cm³/mol. The minimum Gasteiger partial charge on any atom is -0.355 e. The normalized spacial score (nSPS) is 17.5. The molecular formula is C20H23F3N4O3S. The number of carbonyl (C=O) groups is 1. The van der Waals surface area contributed by atoms with Crippen molar-refractivity contribution in [2.45, 2.75) is 37.3 Å². The van der Waals surface area contributed by atoms with Crippen LogP contribution in [0.1, 0.15) is 30.9 Å². The van der Waals surface area contributed by atoms with Gasteiger partial charge in [0.25, 0.3) is 0 Å². The van der Waals surface area contributed by atoms with Gasteiger partial charge in [0, 0.05) is 25.0 Å². The number of alkyl halides is 3. The molecule has 1 unspecified atom stereocenters. The summed E-state index contributed by atoms with van der Waals surface area (Å²) in [6.07, 6.45) is -1.81. The van der Waals surface area contributed by atoms with E-state index in [0.717, 1.165) is 6.07 Å². The molecule has 1 saturated heterocycles. The fraction of sp³-hybridized carbons (Fsp3) is 0.400. The molecule has 2 aromatic rings. The number of rotatable bonds is 5. The smallest absolute Gasteiger partial charge is 0.355 e. The number of aromatic nitrogens is 1. The van der Waals surface area contributed by atoms with Gasteiger partial charge in [-0.25, -0.2) is 18.5 Å². The van der Waals surface area contributed by atoms with Crippen LogP contribution in [0.25, 0.3) is 0 Å². The van der Waals surface area contributed by atoms with Crippen LogP contribution in [0.4, 0.5) is 24.7 Å². The lowest BCUT2D eigenvalue weighted by molar-refractivity contribution is -0.137. The van der Waals surface area contributed by atoms with Crippen molar-refractivity contribution in [2.24, 2.45) is 11.1 Å². The van der Waals surface area contributed by atoms with Crippen LogP contribution >= 0.6 is 0 Å². The Kier molecular flexibility index (Phi) is 6.56. The first kappa shape index (κ1) is 23.0. The second kappa shape index (κ2) is 8.83. The van der Waals surface area contributed by atoms with Crippen LogP contribution in [0, 0.1) is 5.92 Å². The Morgan fingerprint density at radius 2 is 2.06 bits per heavy atom. The molecule has 3 N–H and O–H groups in total. The number of nitrogens with two attached hydrogens (primary N) is 1. The zero-order chi connectivity index (χ0) is 22.8. The first-order chi connectivity index (χ1) is 14.5. The molecule has 2 heterocycles. The van der Waals surface area contributed by atoms with Crippen molar-refractivity contribution in [1.82, 2.24) is 4.98 Å². The molecule has 7 nitrogen and oxygen atoms in total. The number of halogens is 3. The number of sulfonamides is 1. The van der Waals surface area contributed by atoms with Crippen molar-refractivity contribution in [2.75, 3.05) is 23.3 Å². The fourth-order valence-electron chi connectivity index (χ4n) is 3.69. The summed E-state index contributed by atoms with van der Waals surface area (Å²) in [7, 11) is -3.97. The SMILES string of the molecule is CCc1ccc(NC(=O)C2CCCN(c3ncccc3C(F)(F)F)C2)cc1S(N)(=O)=O. The summed E-state index contributed by atoms with van der Waals surface area (Å²) in [4.78, 5) is 18.1. The first-order valence-corrected chi connectivity index (χ1v) is 11.3. The molecule has 3 rings (SSSR count). The van der Waals surface area contributed by atoms with Gasteiger partial charge in [-0.05, 0) is 49.1 Å². The molecule has 0 aliphatic carbocycles. The van der Waals surface area contributed by atoms with Crippen LogP contribution in [0.15, 0.2) is 41.4 Å². The van der Waals surface area contributed by atoms with Gasteiger partial charge in [-0.2, -0.15) is 13.2 Å². The monoisotopic (exact) mass is 456 g/mol. The molecule has 1 amide bonds. The number of nitrogens with one attached hydrogen (secondary N) is 1. The average molecular weight is 456 g/mol. The van der Waals surface area contributed by atoms with E-state index in [-0.39, 0.29) is 22.9 Å². The summed E-state index contributed by atoms with van der Waals surface area (Å²) in [6, 6.07) is 6.64. The number of benzene rings is 1. The van der Waals surface area contributed by atoms with E-state index >= 15 is 0 Å². The van der Waals surface area contributed by atoms with Crippen LogP contribution in [0.2, 0.25) is 0 Å². The Hall–Kier alpha value is -2.66. The van der Waals surface area contributed by atoms with Gasteiger partial charge in [0.05, 0.1) is 16.4 Å². The highest BCUT2D eigenvalue weighted by Crippen LogP contribution is 2.36. The zero-order valence-corrected chi connectivity index (χ0v) is 17.6. The number of anilines is 2. The molecule has 0 spiro atoms. The Balaban J connectivity index is 1.79. The van der Waals surface area contributed by atoms with Crippen LogP contribution in [-0.2, 0) is 27.4 Å². The van der Waals surface area contributed by atoms with Gasteiger partial charge >= 0.3 is 6.18 Å². The van der Waals surface area contributed by atoms with E-state index in [1.165, 1.54) is 23.2 Å². The van der Waals surface area contributed by atoms with Crippen molar-refractivity contribution in [1.29, 1.82) is 0 Å². The number of hydrogen-bond donors (Lipinski definition) is 2. The summed E-state index contributed by atoms with van der Waals surface area (Å²) in [5, 5.41) is 7.93. The minimum atomic E-state index is -4.55. The number of amides is 1. The van der Waals surface area contributed by atoms with Crippen molar-refractivity contribution < 1.29 is 26.4 Å². The number of aryl methyl sites for hydroxylation is 1. The molecule has 0 bridgehead atoms. The molecule has 1 aliphatic heterocycles. The van der Waals surface area contributed by atoms with E-state index < -0.39 is 33.6 Å². The average Bonchev–Trinajstić information content (AvgIpc) is 2.72. The maximum absolute atomic E-state index is 13.3. The predicted octanol–water partition coefficient (Wildman–Crippen LogP) is 3.17. The van der Waals surface area contributed by atoms with Crippen LogP contribution in [0.5, 0.6) is 0 Å². The maximum atomic E-state index is 13.3. The van der Waals surface area contributed by atoms with E-state index in [9.17, 15) is 26.4 Å². The molecule has 11 heteroatoms. The Morgan fingerprint density at radius 1 is 1.32 bits per heavy atom.